The maximum absolute atomic E-state index is 13.7. The van der Waals surface area contributed by atoms with Gasteiger partial charge in [-0.1, -0.05) is 18.2 Å². The number of esters is 1. The average Bonchev–Trinajstić information content (AvgIpc) is 2.87. The van der Waals surface area contributed by atoms with Gasteiger partial charge in [0, 0.05) is 12.5 Å². The second kappa shape index (κ2) is 5.48. The van der Waals surface area contributed by atoms with Crippen LogP contribution >= 0.6 is 0 Å². The van der Waals surface area contributed by atoms with Crippen molar-refractivity contribution in [1.29, 1.82) is 0 Å². The summed E-state index contributed by atoms with van der Waals surface area (Å²) in [6, 6.07) is 6.60. The Morgan fingerprint density at radius 2 is 2.22 bits per heavy atom. The predicted octanol–water partition coefficient (Wildman–Crippen LogP) is 2.18. The lowest BCUT2D eigenvalue weighted by atomic mass is 9.98. The van der Waals surface area contributed by atoms with E-state index < -0.39 is 0 Å². The maximum Gasteiger partial charge on any atom is 0.322 e. The summed E-state index contributed by atoms with van der Waals surface area (Å²) in [5, 5.41) is 0. The van der Waals surface area contributed by atoms with Gasteiger partial charge in [0.25, 0.3) is 0 Å². The minimum absolute atomic E-state index is 0.157. The highest BCUT2D eigenvalue weighted by atomic mass is 19.1. The highest BCUT2D eigenvalue weighted by Gasteiger charge is 2.31. The lowest BCUT2D eigenvalue weighted by molar-refractivity contribution is -0.145. The second-order valence-corrected chi connectivity index (χ2v) is 4.70. The number of benzene rings is 1. The molecule has 4 heteroatoms. The summed E-state index contributed by atoms with van der Waals surface area (Å²) < 4.78 is 18.4. The molecule has 0 spiro atoms. The van der Waals surface area contributed by atoms with Crippen molar-refractivity contribution in [1.82, 2.24) is 4.90 Å². The number of ether oxygens (including phenoxy) is 1. The molecule has 98 valence electrons. The largest absolute Gasteiger partial charge is 0.468 e. The van der Waals surface area contributed by atoms with Gasteiger partial charge in [-0.15, -0.1) is 0 Å². The summed E-state index contributed by atoms with van der Waals surface area (Å²) in [7, 11) is 1.39. The predicted molar refractivity (Wildman–Crippen MR) is 66.8 cm³/mol. The van der Waals surface area contributed by atoms with Gasteiger partial charge >= 0.3 is 5.97 Å². The Balaban J connectivity index is 2.05. The topological polar surface area (TPSA) is 29.5 Å². The Morgan fingerprint density at radius 3 is 2.89 bits per heavy atom. The van der Waals surface area contributed by atoms with Gasteiger partial charge in [0.15, 0.2) is 0 Å². The maximum atomic E-state index is 13.7. The molecule has 3 nitrogen and oxygen atoms in total. The Kier molecular flexibility index (Phi) is 3.97. The first-order valence-electron chi connectivity index (χ1n) is 6.19. The minimum atomic E-state index is -0.258. The third-order valence-electron chi connectivity index (χ3n) is 3.65. The summed E-state index contributed by atoms with van der Waals surface area (Å²) >= 11 is 0. The molecule has 2 rings (SSSR count). The third kappa shape index (κ3) is 2.53. The van der Waals surface area contributed by atoms with Gasteiger partial charge in [0.2, 0.25) is 0 Å². The lowest BCUT2D eigenvalue weighted by Crippen LogP contribution is -2.37. The first-order chi connectivity index (χ1) is 8.63. The molecular weight excluding hydrogens is 233 g/mol. The summed E-state index contributed by atoms with van der Waals surface area (Å²) in [4.78, 5) is 13.5. The van der Waals surface area contributed by atoms with E-state index in [9.17, 15) is 9.18 Å². The van der Waals surface area contributed by atoms with Gasteiger partial charge in [-0.3, -0.25) is 9.69 Å². The van der Waals surface area contributed by atoms with Crippen LogP contribution in [-0.4, -0.2) is 37.1 Å². The standard InChI is InChI=1S/C14H18FNO2/c1-10(14(17)18-2)16-8-7-11(9-16)12-5-3-4-6-13(12)15/h3-6,10-11H,7-9H2,1-2H3/t10-,11+/m1/s1. The molecule has 1 fully saturated rings. The molecule has 0 unspecified atom stereocenters. The molecule has 0 aromatic heterocycles. The molecule has 0 bridgehead atoms. The molecule has 18 heavy (non-hydrogen) atoms. The number of carbonyl (C=O) groups is 1. The molecule has 0 radical (unpaired) electrons. The SMILES string of the molecule is COC(=O)[C@@H](C)N1CC[C@H](c2ccccc2F)C1. The molecule has 0 N–H and O–H groups in total. The van der Waals surface area contributed by atoms with Crippen LogP contribution in [0, 0.1) is 5.82 Å². The minimum Gasteiger partial charge on any atom is -0.468 e. The van der Waals surface area contributed by atoms with Crippen molar-refractivity contribution in [2.24, 2.45) is 0 Å². The van der Waals surface area contributed by atoms with Crippen LogP contribution in [0.3, 0.4) is 0 Å². The van der Waals surface area contributed by atoms with Crippen LogP contribution < -0.4 is 0 Å². The summed E-state index contributed by atoms with van der Waals surface area (Å²) in [6.45, 7) is 3.34. The van der Waals surface area contributed by atoms with E-state index in [1.54, 1.807) is 6.07 Å². The number of hydrogen-bond acceptors (Lipinski definition) is 3. The number of halogens is 1. The van der Waals surface area contributed by atoms with Crippen LogP contribution in [0.4, 0.5) is 4.39 Å². The van der Waals surface area contributed by atoms with Crippen molar-refractivity contribution >= 4 is 5.97 Å². The third-order valence-corrected chi connectivity index (χ3v) is 3.65. The van der Waals surface area contributed by atoms with Crippen molar-refractivity contribution in [2.45, 2.75) is 25.3 Å². The fourth-order valence-electron chi connectivity index (χ4n) is 2.52. The zero-order chi connectivity index (χ0) is 13.1. The molecular formula is C14H18FNO2. The van der Waals surface area contributed by atoms with E-state index in [1.165, 1.54) is 13.2 Å². The first kappa shape index (κ1) is 13.0. The quantitative estimate of drug-likeness (QED) is 0.771. The molecule has 0 aliphatic carbocycles. The molecule has 1 aromatic carbocycles. The van der Waals surface area contributed by atoms with Crippen molar-refractivity contribution < 1.29 is 13.9 Å². The molecule has 1 heterocycles. The van der Waals surface area contributed by atoms with Crippen LogP contribution in [0.15, 0.2) is 24.3 Å². The van der Waals surface area contributed by atoms with Crippen molar-refractivity contribution in [2.75, 3.05) is 20.2 Å². The van der Waals surface area contributed by atoms with Crippen LogP contribution in [0.25, 0.3) is 0 Å². The van der Waals surface area contributed by atoms with E-state index in [4.69, 9.17) is 4.74 Å². The Bertz CT molecular complexity index is 436. The van der Waals surface area contributed by atoms with Crippen molar-refractivity contribution in [3.63, 3.8) is 0 Å². The molecule has 0 saturated carbocycles. The van der Waals surface area contributed by atoms with E-state index in [0.29, 0.717) is 6.54 Å². The summed E-state index contributed by atoms with van der Waals surface area (Å²) in [5.41, 5.74) is 0.747. The van der Waals surface area contributed by atoms with Gasteiger partial charge in [0.05, 0.1) is 7.11 Å². The van der Waals surface area contributed by atoms with Crippen LogP contribution in [0.5, 0.6) is 0 Å². The first-order valence-corrected chi connectivity index (χ1v) is 6.19. The number of likely N-dealkylation sites (tertiary alicyclic amines) is 1. The van der Waals surface area contributed by atoms with Crippen LogP contribution in [0.2, 0.25) is 0 Å². The summed E-state index contributed by atoms with van der Waals surface area (Å²) in [6.07, 6.45) is 0.877. The lowest BCUT2D eigenvalue weighted by Gasteiger charge is -2.22. The van der Waals surface area contributed by atoms with E-state index in [2.05, 4.69) is 0 Å². The zero-order valence-corrected chi connectivity index (χ0v) is 10.7. The van der Waals surface area contributed by atoms with Gasteiger partial charge in [-0.2, -0.15) is 0 Å². The van der Waals surface area contributed by atoms with Crippen molar-refractivity contribution in [3.05, 3.63) is 35.6 Å². The zero-order valence-electron chi connectivity index (χ0n) is 10.7. The van der Waals surface area contributed by atoms with Crippen molar-refractivity contribution in [3.8, 4) is 0 Å². The highest BCUT2D eigenvalue weighted by molar-refractivity contribution is 5.75. The molecule has 1 aliphatic heterocycles. The Hall–Kier alpha value is -1.42. The van der Waals surface area contributed by atoms with Crippen LogP contribution in [0.1, 0.15) is 24.8 Å². The molecule has 0 amide bonds. The fraction of sp³-hybridized carbons (Fsp3) is 0.500. The number of carbonyl (C=O) groups excluding carboxylic acids is 1. The number of hydrogen-bond donors (Lipinski definition) is 0. The van der Waals surface area contributed by atoms with E-state index >= 15 is 0 Å². The average molecular weight is 251 g/mol. The van der Waals surface area contributed by atoms with E-state index in [0.717, 1.165) is 18.5 Å². The Labute approximate surface area is 107 Å². The van der Waals surface area contributed by atoms with E-state index in [1.807, 2.05) is 24.0 Å². The molecule has 2 atom stereocenters. The number of rotatable bonds is 3. The number of methoxy groups -OCH3 is 1. The molecule has 1 aromatic rings. The molecule has 1 saturated heterocycles. The Morgan fingerprint density at radius 1 is 1.50 bits per heavy atom. The van der Waals surface area contributed by atoms with Gasteiger partial charge in [-0.05, 0) is 31.5 Å². The highest BCUT2D eigenvalue weighted by Crippen LogP contribution is 2.30. The summed E-state index contributed by atoms with van der Waals surface area (Å²) in [5.74, 6) is -0.224. The smallest absolute Gasteiger partial charge is 0.322 e. The van der Waals surface area contributed by atoms with Gasteiger partial charge in [-0.25, -0.2) is 4.39 Å². The van der Waals surface area contributed by atoms with Crippen LogP contribution in [-0.2, 0) is 9.53 Å². The van der Waals surface area contributed by atoms with E-state index in [-0.39, 0.29) is 23.7 Å². The second-order valence-electron chi connectivity index (χ2n) is 4.70. The normalized spacial score (nSPS) is 21.8. The van der Waals surface area contributed by atoms with Gasteiger partial charge < -0.3 is 4.74 Å². The fourth-order valence-corrected chi connectivity index (χ4v) is 2.52. The molecule has 1 aliphatic rings. The van der Waals surface area contributed by atoms with Gasteiger partial charge in [0.1, 0.15) is 11.9 Å². The number of nitrogens with zero attached hydrogens (tertiary/aromatic N) is 1. The monoisotopic (exact) mass is 251 g/mol.